The van der Waals surface area contributed by atoms with Gasteiger partial charge in [0, 0.05) is 32.7 Å². The molecule has 0 aromatic heterocycles. The Kier molecular flexibility index (Phi) is 9.28. The van der Waals surface area contributed by atoms with Gasteiger partial charge in [0.1, 0.15) is 0 Å². The first-order valence-corrected chi connectivity index (χ1v) is 5.80. The number of hydrogen-bond acceptors (Lipinski definition) is 3. The van der Waals surface area contributed by atoms with Gasteiger partial charge in [-0.25, -0.2) is 0 Å². The lowest BCUT2D eigenvalue weighted by Gasteiger charge is -2.11. The zero-order valence-corrected chi connectivity index (χ0v) is 11.4. The Morgan fingerprint density at radius 1 is 1.39 bits per heavy atom. The Balaban J connectivity index is 0.00000289. The lowest BCUT2D eigenvalue weighted by Crippen LogP contribution is -2.28. The summed E-state index contributed by atoms with van der Waals surface area (Å²) in [6.07, 6.45) is 1.14. The highest BCUT2D eigenvalue weighted by Crippen LogP contribution is 2.12. The third kappa shape index (κ3) is 6.59. The third-order valence-electron chi connectivity index (χ3n) is 2.48. The number of rotatable bonds is 7. The second kappa shape index (κ2) is 9.88. The molecular weight excluding hydrogens is 252 g/mol. The van der Waals surface area contributed by atoms with Gasteiger partial charge in [0.05, 0.1) is 0 Å². The van der Waals surface area contributed by atoms with Gasteiger partial charge in [0.15, 0.2) is 0 Å². The minimum atomic E-state index is -0.237. The summed E-state index contributed by atoms with van der Waals surface area (Å²) in [5.74, 6) is -0.0162. The van der Waals surface area contributed by atoms with E-state index >= 15 is 0 Å². The summed E-state index contributed by atoms with van der Waals surface area (Å²) < 4.78 is 4.90. The molecule has 0 fully saturated rings. The summed E-state index contributed by atoms with van der Waals surface area (Å²) in [7, 11) is 1.65. The molecule has 3 N–H and O–H groups in total. The minimum Gasteiger partial charge on any atom is -0.385 e. The molecule has 1 rings (SSSR count). The highest BCUT2D eigenvalue weighted by atomic mass is 35.5. The van der Waals surface area contributed by atoms with E-state index in [0.717, 1.165) is 12.0 Å². The number of ether oxygens (including phenoxy) is 1. The molecule has 0 heterocycles. The van der Waals surface area contributed by atoms with E-state index in [2.05, 4.69) is 5.32 Å². The van der Waals surface area contributed by atoms with Crippen LogP contribution in [-0.2, 0) is 9.53 Å². The average molecular weight is 273 g/mol. The smallest absolute Gasteiger partial charge is 0.221 e. The van der Waals surface area contributed by atoms with Gasteiger partial charge in [0.2, 0.25) is 5.91 Å². The van der Waals surface area contributed by atoms with Crippen molar-refractivity contribution in [2.45, 2.75) is 18.9 Å². The lowest BCUT2D eigenvalue weighted by atomic mass is 10.0. The van der Waals surface area contributed by atoms with Crippen LogP contribution in [0.1, 0.15) is 24.4 Å². The van der Waals surface area contributed by atoms with Crippen molar-refractivity contribution in [3.8, 4) is 0 Å². The molecule has 1 atom stereocenters. The molecule has 18 heavy (non-hydrogen) atoms. The predicted molar refractivity (Wildman–Crippen MR) is 74.7 cm³/mol. The van der Waals surface area contributed by atoms with E-state index < -0.39 is 0 Å². The first-order chi connectivity index (χ1) is 8.24. The molecule has 1 aromatic carbocycles. The van der Waals surface area contributed by atoms with Crippen LogP contribution in [0.25, 0.3) is 0 Å². The first-order valence-electron chi connectivity index (χ1n) is 5.80. The maximum absolute atomic E-state index is 11.6. The summed E-state index contributed by atoms with van der Waals surface area (Å²) in [6, 6.07) is 9.41. The normalized spacial score (nSPS) is 11.4. The molecular formula is C13H21ClN2O2. The molecule has 0 saturated heterocycles. The molecule has 0 saturated carbocycles. The molecule has 5 heteroatoms. The SMILES string of the molecule is COCCCNC(=O)CC(N)c1ccccc1.Cl. The van der Waals surface area contributed by atoms with E-state index in [1.165, 1.54) is 0 Å². The fourth-order valence-electron chi connectivity index (χ4n) is 1.53. The van der Waals surface area contributed by atoms with Crippen molar-refractivity contribution in [2.24, 2.45) is 5.73 Å². The van der Waals surface area contributed by atoms with Gasteiger partial charge >= 0.3 is 0 Å². The first kappa shape index (κ1) is 16.9. The number of hydrogen-bond donors (Lipinski definition) is 2. The van der Waals surface area contributed by atoms with Crippen molar-refractivity contribution in [1.29, 1.82) is 0 Å². The Labute approximate surface area is 114 Å². The molecule has 0 radical (unpaired) electrons. The van der Waals surface area contributed by atoms with Crippen molar-refractivity contribution in [3.05, 3.63) is 35.9 Å². The van der Waals surface area contributed by atoms with Gasteiger partial charge in [-0.1, -0.05) is 30.3 Å². The zero-order chi connectivity index (χ0) is 12.5. The number of nitrogens with two attached hydrogens (primary N) is 1. The topological polar surface area (TPSA) is 64.3 Å². The minimum absolute atomic E-state index is 0. The summed E-state index contributed by atoms with van der Waals surface area (Å²) >= 11 is 0. The van der Waals surface area contributed by atoms with Gasteiger partial charge in [-0.2, -0.15) is 0 Å². The Morgan fingerprint density at radius 2 is 2.06 bits per heavy atom. The second-order valence-corrected chi connectivity index (χ2v) is 3.92. The zero-order valence-electron chi connectivity index (χ0n) is 10.6. The quantitative estimate of drug-likeness (QED) is 0.742. The maximum atomic E-state index is 11.6. The van der Waals surface area contributed by atoms with E-state index in [0.29, 0.717) is 19.6 Å². The van der Waals surface area contributed by atoms with Crippen molar-refractivity contribution in [2.75, 3.05) is 20.3 Å². The van der Waals surface area contributed by atoms with E-state index in [-0.39, 0.29) is 24.4 Å². The predicted octanol–water partition coefficient (Wildman–Crippen LogP) is 1.65. The molecule has 0 spiro atoms. The average Bonchev–Trinajstić information content (AvgIpc) is 2.36. The van der Waals surface area contributed by atoms with E-state index in [9.17, 15) is 4.79 Å². The molecule has 0 aliphatic carbocycles. The van der Waals surface area contributed by atoms with Crippen LogP contribution in [0.3, 0.4) is 0 Å². The van der Waals surface area contributed by atoms with Gasteiger partial charge < -0.3 is 15.8 Å². The Hall–Kier alpha value is -1.10. The second-order valence-electron chi connectivity index (χ2n) is 3.92. The summed E-state index contributed by atoms with van der Waals surface area (Å²) in [4.78, 5) is 11.6. The number of carbonyl (C=O) groups excluding carboxylic acids is 1. The fraction of sp³-hybridized carbons (Fsp3) is 0.462. The van der Waals surface area contributed by atoms with Crippen LogP contribution >= 0.6 is 12.4 Å². The maximum Gasteiger partial charge on any atom is 0.221 e. The summed E-state index contributed by atoms with van der Waals surface area (Å²) in [6.45, 7) is 1.29. The van der Waals surface area contributed by atoms with Crippen LogP contribution in [0.4, 0.5) is 0 Å². The van der Waals surface area contributed by atoms with Crippen LogP contribution < -0.4 is 11.1 Å². The highest BCUT2D eigenvalue weighted by molar-refractivity contribution is 5.85. The monoisotopic (exact) mass is 272 g/mol. The number of nitrogens with one attached hydrogen (secondary N) is 1. The number of benzene rings is 1. The molecule has 0 aliphatic heterocycles. The summed E-state index contributed by atoms with van der Waals surface area (Å²) in [5.41, 5.74) is 6.93. The number of halogens is 1. The van der Waals surface area contributed by atoms with Crippen LogP contribution in [-0.4, -0.2) is 26.2 Å². The van der Waals surface area contributed by atoms with Crippen LogP contribution in [0, 0.1) is 0 Å². The van der Waals surface area contributed by atoms with Gasteiger partial charge in [-0.05, 0) is 12.0 Å². The van der Waals surface area contributed by atoms with Crippen molar-refractivity contribution >= 4 is 18.3 Å². The van der Waals surface area contributed by atoms with E-state index in [1.54, 1.807) is 7.11 Å². The molecule has 0 bridgehead atoms. The largest absolute Gasteiger partial charge is 0.385 e. The molecule has 1 aromatic rings. The van der Waals surface area contributed by atoms with Crippen LogP contribution in [0.2, 0.25) is 0 Å². The van der Waals surface area contributed by atoms with Crippen molar-refractivity contribution in [3.63, 3.8) is 0 Å². The Morgan fingerprint density at radius 3 is 2.67 bits per heavy atom. The van der Waals surface area contributed by atoms with Crippen molar-refractivity contribution < 1.29 is 9.53 Å². The molecule has 4 nitrogen and oxygen atoms in total. The van der Waals surface area contributed by atoms with Gasteiger partial charge in [-0.15, -0.1) is 12.4 Å². The number of methoxy groups -OCH3 is 1. The van der Waals surface area contributed by atoms with Crippen LogP contribution in [0.15, 0.2) is 30.3 Å². The molecule has 102 valence electrons. The summed E-state index contributed by atoms with van der Waals surface area (Å²) in [5, 5.41) is 2.82. The standard InChI is InChI=1S/C13H20N2O2.ClH/c1-17-9-5-8-15-13(16)10-12(14)11-6-3-2-4-7-11;/h2-4,6-7,12H,5,8-10,14H2,1H3,(H,15,16);1H. The van der Waals surface area contributed by atoms with E-state index in [1.807, 2.05) is 30.3 Å². The molecule has 1 unspecified atom stereocenters. The van der Waals surface area contributed by atoms with Crippen LogP contribution in [0.5, 0.6) is 0 Å². The highest BCUT2D eigenvalue weighted by Gasteiger charge is 2.10. The fourth-order valence-corrected chi connectivity index (χ4v) is 1.53. The molecule has 0 aliphatic rings. The van der Waals surface area contributed by atoms with E-state index in [4.69, 9.17) is 10.5 Å². The van der Waals surface area contributed by atoms with Crippen molar-refractivity contribution in [1.82, 2.24) is 5.32 Å². The number of carbonyl (C=O) groups is 1. The van der Waals surface area contributed by atoms with Gasteiger partial charge in [-0.3, -0.25) is 4.79 Å². The van der Waals surface area contributed by atoms with Gasteiger partial charge in [0.25, 0.3) is 0 Å². The third-order valence-corrected chi connectivity index (χ3v) is 2.48. The molecule has 1 amide bonds. The number of amides is 1. The Bertz CT molecular complexity index is 333. The lowest BCUT2D eigenvalue weighted by molar-refractivity contribution is -0.121.